The lowest BCUT2D eigenvalue weighted by Crippen LogP contribution is -2.48. The van der Waals surface area contributed by atoms with Gasteiger partial charge in [0.2, 0.25) is 17.8 Å². The van der Waals surface area contributed by atoms with Crippen LogP contribution in [0, 0.1) is 5.41 Å². The maximum absolute atomic E-state index is 12.5. The van der Waals surface area contributed by atoms with Crippen LogP contribution in [-0.2, 0) is 9.59 Å². The first kappa shape index (κ1) is 19.2. The third kappa shape index (κ3) is 4.32. The fraction of sp³-hybridized carbons (Fsp3) is 0.750. The zero-order chi connectivity index (χ0) is 19.4. The second-order valence-corrected chi connectivity index (χ2v) is 8.47. The molecule has 0 N–H and O–H groups in total. The van der Waals surface area contributed by atoms with Gasteiger partial charge in [0, 0.05) is 45.6 Å². The topological polar surface area (TPSA) is 82.5 Å². The van der Waals surface area contributed by atoms with Crippen LogP contribution in [0.15, 0.2) is 12.7 Å². The number of unbranched alkanes of at least 4 members (excludes halogenated alkanes) is 1. The van der Waals surface area contributed by atoms with Crippen molar-refractivity contribution in [1.29, 1.82) is 0 Å². The highest BCUT2D eigenvalue weighted by molar-refractivity contribution is 5.98. The smallest absolute Gasteiger partial charge is 0.229 e. The molecule has 0 atom stereocenters. The molecule has 1 aliphatic carbocycles. The van der Waals surface area contributed by atoms with E-state index in [0.29, 0.717) is 19.4 Å². The van der Waals surface area contributed by atoms with E-state index in [1.54, 1.807) is 0 Å². The Hall–Kier alpha value is -2.09. The number of hydrogen-bond acceptors (Lipinski definition) is 7. The average Bonchev–Trinajstić information content (AvgIpc) is 3.15. The molecule has 2 amide bonds. The van der Waals surface area contributed by atoms with Crippen LogP contribution in [0.3, 0.4) is 0 Å². The van der Waals surface area contributed by atoms with Crippen molar-refractivity contribution in [2.45, 2.75) is 51.4 Å². The minimum absolute atomic E-state index is 0.00285. The molecule has 1 aromatic rings. The van der Waals surface area contributed by atoms with E-state index in [1.165, 1.54) is 30.4 Å². The highest BCUT2D eigenvalue weighted by Gasteiger charge is 2.44. The Balaban J connectivity index is 1.16. The van der Waals surface area contributed by atoms with Crippen LogP contribution < -0.4 is 4.90 Å². The molecule has 1 saturated carbocycles. The molecule has 152 valence electrons. The van der Waals surface area contributed by atoms with Crippen LogP contribution in [0.5, 0.6) is 0 Å². The number of nitrogens with zero attached hydrogens (tertiary/aromatic N) is 6. The molecule has 3 fully saturated rings. The zero-order valence-electron chi connectivity index (χ0n) is 16.6. The maximum atomic E-state index is 12.5. The molecule has 4 rings (SSSR count). The van der Waals surface area contributed by atoms with Gasteiger partial charge in [-0.1, -0.05) is 12.8 Å². The first-order valence-corrected chi connectivity index (χ1v) is 10.6. The summed E-state index contributed by atoms with van der Waals surface area (Å²) in [4.78, 5) is 43.4. The third-order valence-electron chi connectivity index (χ3n) is 6.56. The summed E-state index contributed by atoms with van der Waals surface area (Å²) >= 11 is 0. The van der Waals surface area contributed by atoms with E-state index in [1.807, 2.05) is 0 Å². The number of carbonyl (C=O) groups is 2. The largest absolute Gasteiger partial charge is 0.338 e. The zero-order valence-corrected chi connectivity index (χ0v) is 16.6. The number of anilines is 1. The Morgan fingerprint density at radius 3 is 2.11 bits per heavy atom. The molecule has 0 bridgehead atoms. The van der Waals surface area contributed by atoms with Gasteiger partial charge in [-0.2, -0.15) is 0 Å². The molecule has 0 radical (unpaired) electrons. The average molecular weight is 387 g/mol. The number of piperazine rings is 1. The summed E-state index contributed by atoms with van der Waals surface area (Å²) in [5, 5.41) is 0. The van der Waals surface area contributed by atoms with Gasteiger partial charge in [0.25, 0.3) is 0 Å². The summed E-state index contributed by atoms with van der Waals surface area (Å²) in [6, 6.07) is 0. The quantitative estimate of drug-likeness (QED) is 0.541. The molecular weight excluding hydrogens is 356 g/mol. The molecule has 3 heterocycles. The van der Waals surface area contributed by atoms with E-state index in [0.717, 1.165) is 64.4 Å². The number of rotatable bonds is 6. The van der Waals surface area contributed by atoms with Crippen LogP contribution in [0.4, 0.5) is 5.95 Å². The molecule has 28 heavy (non-hydrogen) atoms. The molecule has 2 aliphatic heterocycles. The number of piperidine rings is 1. The van der Waals surface area contributed by atoms with Crippen molar-refractivity contribution in [2.24, 2.45) is 5.41 Å². The van der Waals surface area contributed by atoms with E-state index in [2.05, 4.69) is 24.8 Å². The first-order valence-electron chi connectivity index (χ1n) is 10.6. The lowest BCUT2D eigenvalue weighted by atomic mass is 9.76. The van der Waals surface area contributed by atoms with E-state index in [9.17, 15) is 9.59 Å². The number of aromatic nitrogens is 3. The van der Waals surface area contributed by atoms with E-state index < -0.39 is 0 Å². The van der Waals surface area contributed by atoms with Crippen molar-refractivity contribution in [2.75, 3.05) is 44.2 Å². The van der Waals surface area contributed by atoms with Crippen molar-refractivity contribution < 1.29 is 9.59 Å². The predicted octanol–water partition coefficient (Wildman–Crippen LogP) is 1.48. The Kier molecular flexibility index (Phi) is 5.85. The Morgan fingerprint density at radius 2 is 1.46 bits per heavy atom. The second-order valence-electron chi connectivity index (χ2n) is 8.47. The maximum Gasteiger partial charge on any atom is 0.229 e. The second kappa shape index (κ2) is 8.51. The lowest BCUT2D eigenvalue weighted by Gasteiger charge is -2.37. The van der Waals surface area contributed by atoms with Crippen molar-refractivity contribution in [3.63, 3.8) is 0 Å². The molecule has 8 nitrogen and oxygen atoms in total. The standard InChI is InChI=1S/C20H30N6O2/c27-17-13-20(5-1-2-6-20)14-18(28)26(17)8-4-3-7-24-9-11-25(12-10-24)19-22-15-21-16-23-19/h15-16H,1-14H2. The molecule has 0 aromatic carbocycles. The molecule has 1 aromatic heterocycles. The lowest BCUT2D eigenvalue weighted by molar-refractivity contribution is -0.153. The number of carbonyl (C=O) groups excluding carboxylic acids is 2. The van der Waals surface area contributed by atoms with Crippen LogP contribution in [0.25, 0.3) is 0 Å². The number of imide groups is 1. The summed E-state index contributed by atoms with van der Waals surface area (Å²) < 4.78 is 0. The first-order chi connectivity index (χ1) is 13.7. The minimum atomic E-state index is 0.00285. The van der Waals surface area contributed by atoms with Crippen LogP contribution in [0.1, 0.15) is 51.4 Å². The molecule has 8 heteroatoms. The van der Waals surface area contributed by atoms with Crippen LogP contribution >= 0.6 is 0 Å². The predicted molar refractivity (Wildman–Crippen MR) is 105 cm³/mol. The molecule has 3 aliphatic rings. The van der Waals surface area contributed by atoms with Gasteiger partial charge in [0.05, 0.1) is 0 Å². The van der Waals surface area contributed by atoms with Gasteiger partial charge in [-0.05, 0) is 37.6 Å². The summed E-state index contributed by atoms with van der Waals surface area (Å²) in [5.41, 5.74) is 0.00285. The summed E-state index contributed by atoms with van der Waals surface area (Å²) in [7, 11) is 0. The summed E-state index contributed by atoms with van der Waals surface area (Å²) in [5.74, 6) is 0.866. The SMILES string of the molecule is O=C1CC2(CCCC2)CC(=O)N1CCCCN1CCN(c2ncncn2)CC1. The number of likely N-dealkylation sites (tertiary alicyclic amines) is 1. The van der Waals surface area contributed by atoms with Gasteiger partial charge < -0.3 is 4.90 Å². The molecule has 0 unspecified atom stereocenters. The Morgan fingerprint density at radius 1 is 0.857 bits per heavy atom. The van der Waals surface area contributed by atoms with Gasteiger partial charge in [0.1, 0.15) is 12.7 Å². The molecule has 2 saturated heterocycles. The normalized spacial score (nSPS) is 23.0. The monoisotopic (exact) mass is 386 g/mol. The van der Waals surface area contributed by atoms with E-state index >= 15 is 0 Å². The van der Waals surface area contributed by atoms with Gasteiger partial charge >= 0.3 is 0 Å². The van der Waals surface area contributed by atoms with Crippen molar-refractivity contribution in [3.05, 3.63) is 12.7 Å². The van der Waals surface area contributed by atoms with Gasteiger partial charge in [0.15, 0.2) is 0 Å². The van der Waals surface area contributed by atoms with Gasteiger partial charge in [-0.25, -0.2) is 15.0 Å². The van der Waals surface area contributed by atoms with Crippen LogP contribution in [-0.4, -0.2) is 75.8 Å². The van der Waals surface area contributed by atoms with Crippen molar-refractivity contribution in [1.82, 2.24) is 24.8 Å². The molecule has 1 spiro atoms. The number of amides is 2. The summed E-state index contributed by atoms with van der Waals surface area (Å²) in [6.07, 6.45) is 10.6. The molecular formula is C20H30N6O2. The fourth-order valence-corrected chi connectivity index (χ4v) is 4.94. The van der Waals surface area contributed by atoms with Crippen molar-refractivity contribution in [3.8, 4) is 0 Å². The van der Waals surface area contributed by atoms with Gasteiger partial charge in [-0.3, -0.25) is 19.4 Å². The van der Waals surface area contributed by atoms with Crippen LogP contribution in [0.2, 0.25) is 0 Å². The third-order valence-corrected chi connectivity index (χ3v) is 6.56. The Labute approximate surface area is 166 Å². The highest BCUT2D eigenvalue weighted by atomic mass is 16.2. The van der Waals surface area contributed by atoms with Crippen molar-refractivity contribution >= 4 is 17.8 Å². The summed E-state index contributed by atoms with van der Waals surface area (Å²) in [6.45, 7) is 5.37. The van der Waals surface area contributed by atoms with Gasteiger partial charge in [-0.15, -0.1) is 0 Å². The minimum Gasteiger partial charge on any atom is -0.338 e. The number of hydrogen-bond donors (Lipinski definition) is 0. The fourth-order valence-electron chi connectivity index (χ4n) is 4.94. The highest BCUT2D eigenvalue weighted by Crippen LogP contribution is 2.46. The Bertz CT molecular complexity index is 663. The van der Waals surface area contributed by atoms with E-state index in [4.69, 9.17) is 0 Å². The van der Waals surface area contributed by atoms with E-state index in [-0.39, 0.29) is 17.2 Å².